The maximum absolute atomic E-state index is 13.1. The lowest BCUT2D eigenvalue weighted by molar-refractivity contribution is -0.137. The van der Waals surface area contributed by atoms with Crippen LogP contribution in [0, 0.1) is 0 Å². The third-order valence-corrected chi connectivity index (χ3v) is 8.25. The van der Waals surface area contributed by atoms with E-state index in [-0.39, 0.29) is 34.9 Å². The highest BCUT2D eigenvalue weighted by molar-refractivity contribution is 7.90. The first-order valence-electron chi connectivity index (χ1n) is 11.0. The lowest BCUT2D eigenvalue weighted by Gasteiger charge is -2.30. The standard InChI is InChI=1S/C23H19F3N6O3S2/c24-23(25,26)15-4-5-20(28-8-15)30-18-3-1-2-14-11-32(7-6-17(14)18)21(33)19-10-29-22(31-19)37(34,35)12-16-9-27-13-36-16/h1-5,8-10,13H,6-7,11-12H2,(H,28,30)(H,29,31). The molecule has 1 aliphatic heterocycles. The van der Waals surface area contributed by atoms with Crippen molar-refractivity contribution in [3.05, 3.63) is 81.7 Å². The predicted octanol–water partition coefficient (Wildman–Crippen LogP) is 4.20. The van der Waals surface area contributed by atoms with E-state index in [2.05, 4.69) is 25.3 Å². The number of nitrogens with one attached hydrogen (secondary N) is 2. The number of nitrogens with zero attached hydrogens (tertiary/aromatic N) is 4. The number of H-pyrrole nitrogens is 1. The van der Waals surface area contributed by atoms with Gasteiger partial charge in [-0.1, -0.05) is 12.1 Å². The van der Waals surface area contributed by atoms with Gasteiger partial charge in [-0.2, -0.15) is 13.2 Å². The van der Waals surface area contributed by atoms with Crippen LogP contribution in [0.4, 0.5) is 24.7 Å². The fourth-order valence-electron chi connectivity index (χ4n) is 3.98. The highest BCUT2D eigenvalue weighted by Gasteiger charge is 2.31. The van der Waals surface area contributed by atoms with Crippen molar-refractivity contribution in [3.63, 3.8) is 0 Å². The summed E-state index contributed by atoms with van der Waals surface area (Å²) in [6.45, 7) is 0.624. The van der Waals surface area contributed by atoms with E-state index >= 15 is 0 Å². The van der Waals surface area contributed by atoms with Crippen LogP contribution in [0.5, 0.6) is 0 Å². The number of rotatable bonds is 6. The predicted molar refractivity (Wildman–Crippen MR) is 129 cm³/mol. The molecular weight excluding hydrogens is 529 g/mol. The Bertz CT molecular complexity index is 1530. The zero-order valence-corrected chi connectivity index (χ0v) is 20.6. The first kappa shape index (κ1) is 24.9. The summed E-state index contributed by atoms with van der Waals surface area (Å²) >= 11 is 1.22. The quantitative estimate of drug-likeness (QED) is 0.371. The molecule has 0 saturated heterocycles. The van der Waals surface area contributed by atoms with Gasteiger partial charge < -0.3 is 15.2 Å². The van der Waals surface area contributed by atoms with Gasteiger partial charge >= 0.3 is 6.18 Å². The minimum atomic E-state index is -4.46. The zero-order chi connectivity index (χ0) is 26.2. The molecule has 14 heteroatoms. The van der Waals surface area contributed by atoms with E-state index in [1.165, 1.54) is 35.3 Å². The van der Waals surface area contributed by atoms with Crippen molar-refractivity contribution in [2.75, 3.05) is 11.9 Å². The van der Waals surface area contributed by atoms with Crippen LogP contribution in [0.3, 0.4) is 0 Å². The maximum atomic E-state index is 13.1. The Balaban J connectivity index is 1.29. The Hall–Kier alpha value is -3.78. The number of amides is 1. The number of aromatic amines is 1. The molecule has 0 spiro atoms. The molecule has 9 nitrogen and oxygen atoms in total. The summed E-state index contributed by atoms with van der Waals surface area (Å²) in [7, 11) is -3.77. The third-order valence-electron chi connectivity index (χ3n) is 5.80. The van der Waals surface area contributed by atoms with E-state index in [4.69, 9.17) is 0 Å². The van der Waals surface area contributed by atoms with Crippen LogP contribution in [-0.4, -0.2) is 45.7 Å². The highest BCUT2D eigenvalue weighted by atomic mass is 32.2. The molecule has 1 amide bonds. The van der Waals surface area contributed by atoms with E-state index in [1.54, 1.807) is 17.0 Å². The number of fused-ring (bicyclic) bond motifs is 1. The second-order valence-electron chi connectivity index (χ2n) is 8.30. The molecule has 5 rings (SSSR count). The molecule has 0 unspecified atom stereocenters. The number of hydrogen-bond donors (Lipinski definition) is 2. The second-order valence-corrected chi connectivity index (χ2v) is 11.2. The van der Waals surface area contributed by atoms with Crippen LogP contribution in [-0.2, 0) is 34.7 Å². The Kier molecular flexibility index (Phi) is 6.45. The highest BCUT2D eigenvalue weighted by Crippen LogP contribution is 2.31. The number of carbonyl (C=O) groups is 1. The largest absolute Gasteiger partial charge is 0.417 e. The van der Waals surface area contributed by atoms with Crippen LogP contribution in [0.1, 0.15) is 32.1 Å². The van der Waals surface area contributed by atoms with Crippen molar-refractivity contribution in [1.82, 2.24) is 24.8 Å². The summed E-state index contributed by atoms with van der Waals surface area (Å²) in [5.74, 6) is -0.385. The van der Waals surface area contributed by atoms with Gasteiger partial charge in [-0.25, -0.2) is 18.4 Å². The Morgan fingerprint density at radius 2 is 1.97 bits per heavy atom. The van der Waals surface area contributed by atoms with Gasteiger partial charge in [0, 0.05) is 36.0 Å². The number of alkyl halides is 3. The first-order chi connectivity index (χ1) is 17.6. The number of sulfone groups is 1. The molecule has 0 fully saturated rings. The topological polar surface area (TPSA) is 121 Å². The molecule has 0 saturated carbocycles. The fraction of sp³-hybridized carbons (Fsp3) is 0.217. The fourth-order valence-corrected chi connectivity index (χ4v) is 6.16. The summed E-state index contributed by atoms with van der Waals surface area (Å²) in [5.41, 5.74) is 3.24. The number of carbonyl (C=O) groups excluding carboxylic acids is 1. The smallest absolute Gasteiger partial charge is 0.340 e. The number of pyridine rings is 1. The van der Waals surface area contributed by atoms with E-state index in [0.29, 0.717) is 23.5 Å². The second kappa shape index (κ2) is 9.59. The van der Waals surface area contributed by atoms with Crippen LogP contribution >= 0.6 is 11.3 Å². The van der Waals surface area contributed by atoms with E-state index in [9.17, 15) is 26.4 Å². The van der Waals surface area contributed by atoms with Crippen molar-refractivity contribution >= 4 is 38.6 Å². The minimum Gasteiger partial charge on any atom is -0.340 e. The van der Waals surface area contributed by atoms with Crippen LogP contribution in [0.25, 0.3) is 0 Å². The maximum Gasteiger partial charge on any atom is 0.417 e. The van der Waals surface area contributed by atoms with E-state index in [0.717, 1.165) is 23.4 Å². The Morgan fingerprint density at radius 1 is 1.14 bits per heavy atom. The van der Waals surface area contributed by atoms with Gasteiger partial charge in [0.1, 0.15) is 11.5 Å². The number of imidazole rings is 1. The molecule has 0 atom stereocenters. The molecule has 4 aromatic rings. The van der Waals surface area contributed by atoms with Crippen LogP contribution in [0.15, 0.2) is 59.6 Å². The van der Waals surface area contributed by atoms with Gasteiger partial charge in [-0.3, -0.25) is 9.78 Å². The molecular formula is C23H19F3N6O3S2. The molecule has 1 aliphatic rings. The number of aromatic nitrogens is 4. The molecule has 1 aromatic carbocycles. The van der Waals surface area contributed by atoms with Crippen LogP contribution < -0.4 is 5.32 Å². The lowest BCUT2D eigenvalue weighted by Crippen LogP contribution is -2.36. The van der Waals surface area contributed by atoms with Crippen molar-refractivity contribution in [2.24, 2.45) is 0 Å². The van der Waals surface area contributed by atoms with Gasteiger partial charge in [-0.05, 0) is 35.7 Å². The molecule has 2 N–H and O–H groups in total. The van der Waals surface area contributed by atoms with Crippen LogP contribution in [0.2, 0.25) is 0 Å². The summed E-state index contributed by atoms with van der Waals surface area (Å²) < 4.78 is 63.7. The van der Waals surface area contributed by atoms with Gasteiger partial charge in [0.25, 0.3) is 5.91 Å². The summed E-state index contributed by atoms with van der Waals surface area (Å²) in [5, 5.41) is 2.78. The summed E-state index contributed by atoms with van der Waals surface area (Å²) in [4.78, 5) is 29.5. The average molecular weight is 549 g/mol. The van der Waals surface area contributed by atoms with Gasteiger partial charge in [0.05, 0.1) is 23.0 Å². The summed E-state index contributed by atoms with van der Waals surface area (Å²) in [6.07, 6.45) is -0.525. The number of halogens is 3. The Morgan fingerprint density at radius 3 is 2.68 bits per heavy atom. The van der Waals surface area contributed by atoms with E-state index < -0.39 is 21.6 Å². The number of benzene rings is 1. The average Bonchev–Trinajstić information content (AvgIpc) is 3.56. The van der Waals surface area contributed by atoms with Crippen molar-refractivity contribution in [1.29, 1.82) is 0 Å². The van der Waals surface area contributed by atoms with Crippen molar-refractivity contribution in [3.8, 4) is 0 Å². The number of hydrogen-bond acceptors (Lipinski definition) is 8. The molecule has 37 heavy (non-hydrogen) atoms. The first-order valence-corrected chi connectivity index (χ1v) is 13.5. The minimum absolute atomic E-state index is 0.0644. The Labute approximate surface area is 213 Å². The van der Waals surface area contributed by atoms with Crippen molar-refractivity contribution in [2.45, 2.75) is 30.1 Å². The molecule has 4 heterocycles. The zero-order valence-electron chi connectivity index (χ0n) is 19.0. The van der Waals surface area contributed by atoms with Gasteiger partial charge in [0.15, 0.2) is 0 Å². The number of thiazole rings is 1. The van der Waals surface area contributed by atoms with Crippen molar-refractivity contribution < 1.29 is 26.4 Å². The van der Waals surface area contributed by atoms with Gasteiger partial charge in [0.2, 0.25) is 15.0 Å². The molecule has 0 bridgehead atoms. The number of anilines is 2. The normalized spacial score (nSPS) is 13.9. The van der Waals surface area contributed by atoms with Gasteiger partial charge in [-0.15, -0.1) is 11.3 Å². The summed E-state index contributed by atoms with van der Waals surface area (Å²) in [6, 6.07) is 7.66. The molecule has 3 aromatic heterocycles. The molecule has 0 aliphatic carbocycles. The molecule has 0 radical (unpaired) electrons. The third kappa shape index (κ3) is 5.34. The SMILES string of the molecule is O=C(c1cnc(S(=O)(=O)Cc2cncs2)[nH]1)N1CCc2c(cccc2Nc2ccc(C(F)(F)F)cn2)C1. The van der Waals surface area contributed by atoms with E-state index in [1.807, 2.05) is 6.07 Å². The molecule has 192 valence electrons. The monoisotopic (exact) mass is 548 g/mol. The lowest BCUT2D eigenvalue weighted by atomic mass is 9.97.